The number of aromatic hydroxyl groups is 1. The Labute approximate surface area is 83.3 Å². The number of carbonyl (C=O) groups excluding carboxylic acids is 1. The van der Waals surface area contributed by atoms with E-state index < -0.39 is 5.60 Å². The minimum absolute atomic E-state index is 0.177. The van der Waals surface area contributed by atoms with Gasteiger partial charge in [0.05, 0.1) is 0 Å². The van der Waals surface area contributed by atoms with Crippen molar-refractivity contribution < 1.29 is 14.6 Å². The molecule has 1 unspecified atom stereocenters. The summed E-state index contributed by atoms with van der Waals surface area (Å²) in [5.41, 5.74) is 0.146. The van der Waals surface area contributed by atoms with Crippen LogP contribution in [-0.4, -0.2) is 11.6 Å². The molecule has 0 aromatic heterocycles. The first-order valence-electron chi connectivity index (χ1n) is 4.53. The molecule has 0 saturated carbocycles. The lowest BCUT2D eigenvalue weighted by molar-refractivity contribution is -0.143. The van der Waals surface area contributed by atoms with E-state index in [0.717, 1.165) is 5.56 Å². The normalized spacial score (nSPS) is 14.4. The molecule has 0 saturated heterocycles. The van der Waals surface area contributed by atoms with Gasteiger partial charge >= 0.3 is 0 Å². The molecule has 0 bridgehead atoms. The molecule has 76 valence electrons. The molecular formula is C11H14O3. The van der Waals surface area contributed by atoms with Crippen LogP contribution in [0.4, 0.5) is 0 Å². The van der Waals surface area contributed by atoms with Crippen LogP contribution >= 0.6 is 0 Å². The molecule has 14 heavy (non-hydrogen) atoms. The highest BCUT2D eigenvalue weighted by Crippen LogP contribution is 2.29. The van der Waals surface area contributed by atoms with E-state index in [2.05, 4.69) is 0 Å². The summed E-state index contributed by atoms with van der Waals surface area (Å²) in [4.78, 5) is 10.4. The number of hydrogen-bond acceptors (Lipinski definition) is 3. The monoisotopic (exact) mass is 194 g/mol. The van der Waals surface area contributed by atoms with Crippen molar-refractivity contribution in [3.8, 4) is 5.75 Å². The Balaban J connectivity index is 3.05. The Morgan fingerprint density at radius 3 is 2.79 bits per heavy atom. The second-order valence-corrected chi connectivity index (χ2v) is 3.35. The van der Waals surface area contributed by atoms with Gasteiger partial charge in [0.15, 0.2) is 0 Å². The first kappa shape index (κ1) is 10.6. The molecule has 1 N–H and O–H groups in total. The van der Waals surface area contributed by atoms with Gasteiger partial charge in [-0.25, -0.2) is 0 Å². The van der Waals surface area contributed by atoms with Gasteiger partial charge in [-0.05, 0) is 31.0 Å². The number of hydrogen-bond donors (Lipinski definition) is 1. The lowest BCUT2D eigenvalue weighted by atomic mass is 9.93. The van der Waals surface area contributed by atoms with Crippen molar-refractivity contribution in [3.05, 3.63) is 29.8 Å². The lowest BCUT2D eigenvalue weighted by Gasteiger charge is -2.26. The fourth-order valence-corrected chi connectivity index (χ4v) is 1.30. The number of phenols is 1. The van der Waals surface area contributed by atoms with Crippen LogP contribution in [0.3, 0.4) is 0 Å². The average Bonchev–Trinajstić information content (AvgIpc) is 2.18. The maximum Gasteiger partial charge on any atom is 0.293 e. The Morgan fingerprint density at radius 1 is 1.57 bits per heavy atom. The largest absolute Gasteiger partial charge is 0.508 e. The van der Waals surface area contributed by atoms with Gasteiger partial charge in [0.1, 0.15) is 11.4 Å². The SMILES string of the molecule is CCC(C)(OC=O)c1cccc(O)c1. The third-order valence-electron chi connectivity index (χ3n) is 2.44. The second-order valence-electron chi connectivity index (χ2n) is 3.35. The van der Waals surface area contributed by atoms with Crippen molar-refractivity contribution in [2.45, 2.75) is 25.9 Å². The van der Waals surface area contributed by atoms with Crippen molar-refractivity contribution >= 4 is 6.47 Å². The van der Waals surface area contributed by atoms with Crippen LogP contribution in [0.25, 0.3) is 0 Å². The van der Waals surface area contributed by atoms with Crippen molar-refractivity contribution in [1.29, 1.82) is 0 Å². The smallest absolute Gasteiger partial charge is 0.293 e. The summed E-state index contributed by atoms with van der Waals surface area (Å²) in [6, 6.07) is 6.74. The molecular weight excluding hydrogens is 180 g/mol. The van der Waals surface area contributed by atoms with E-state index in [1.54, 1.807) is 18.2 Å². The number of phenolic OH excluding ortho intramolecular Hbond substituents is 1. The molecule has 0 radical (unpaired) electrons. The zero-order valence-electron chi connectivity index (χ0n) is 8.36. The van der Waals surface area contributed by atoms with E-state index >= 15 is 0 Å². The standard InChI is InChI=1S/C11H14O3/c1-3-11(2,14-8-12)9-5-4-6-10(13)7-9/h4-8,13H,3H2,1-2H3. The van der Waals surface area contributed by atoms with Crippen molar-refractivity contribution in [2.75, 3.05) is 0 Å². The van der Waals surface area contributed by atoms with Crippen molar-refractivity contribution in [1.82, 2.24) is 0 Å². The predicted molar refractivity (Wildman–Crippen MR) is 52.9 cm³/mol. The summed E-state index contributed by atoms with van der Waals surface area (Å²) in [6.45, 7) is 4.18. The number of carbonyl (C=O) groups is 1. The predicted octanol–water partition coefficient (Wildman–Crippen LogP) is 2.19. The van der Waals surface area contributed by atoms with Crippen LogP contribution < -0.4 is 0 Å². The molecule has 1 rings (SSSR count). The molecule has 0 aliphatic heterocycles. The van der Waals surface area contributed by atoms with Gasteiger partial charge in [-0.3, -0.25) is 4.79 Å². The van der Waals surface area contributed by atoms with E-state index in [0.29, 0.717) is 12.9 Å². The number of benzene rings is 1. The van der Waals surface area contributed by atoms with Crippen molar-refractivity contribution in [2.24, 2.45) is 0 Å². The van der Waals surface area contributed by atoms with Crippen LogP contribution in [-0.2, 0) is 15.1 Å². The lowest BCUT2D eigenvalue weighted by Crippen LogP contribution is -2.24. The molecule has 0 aliphatic rings. The van der Waals surface area contributed by atoms with Crippen LogP contribution in [0, 0.1) is 0 Å². The maximum atomic E-state index is 10.4. The van der Waals surface area contributed by atoms with E-state index in [-0.39, 0.29) is 5.75 Å². The van der Waals surface area contributed by atoms with Gasteiger partial charge in [0.25, 0.3) is 6.47 Å². The number of ether oxygens (including phenoxy) is 1. The van der Waals surface area contributed by atoms with E-state index in [1.807, 2.05) is 19.9 Å². The molecule has 0 fully saturated rings. The molecule has 1 aromatic rings. The molecule has 3 heteroatoms. The Kier molecular flexibility index (Phi) is 3.12. The molecule has 0 heterocycles. The Hall–Kier alpha value is -1.51. The average molecular weight is 194 g/mol. The zero-order valence-corrected chi connectivity index (χ0v) is 8.36. The first-order valence-corrected chi connectivity index (χ1v) is 4.53. The fraction of sp³-hybridized carbons (Fsp3) is 0.364. The minimum atomic E-state index is -0.652. The van der Waals surface area contributed by atoms with Gasteiger partial charge in [0.2, 0.25) is 0 Å². The molecule has 1 aromatic carbocycles. The summed E-state index contributed by atoms with van der Waals surface area (Å²) < 4.78 is 5.03. The highest BCUT2D eigenvalue weighted by Gasteiger charge is 2.26. The van der Waals surface area contributed by atoms with Crippen LogP contribution in [0.5, 0.6) is 5.75 Å². The molecule has 0 amide bonds. The van der Waals surface area contributed by atoms with E-state index in [4.69, 9.17) is 4.74 Å². The summed E-state index contributed by atoms with van der Waals surface area (Å²) in [5.74, 6) is 0.177. The molecule has 1 atom stereocenters. The quantitative estimate of drug-likeness (QED) is 0.747. The summed E-state index contributed by atoms with van der Waals surface area (Å²) in [7, 11) is 0. The second kappa shape index (κ2) is 4.13. The Morgan fingerprint density at radius 2 is 2.29 bits per heavy atom. The highest BCUT2D eigenvalue weighted by atomic mass is 16.5. The van der Waals surface area contributed by atoms with Gasteiger partial charge in [0, 0.05) is 0 Å². The first-order chi connectivity index (χ1) is 6.62. The maximum absolute atomic E-state index is 10.4. The van der Waals surface area contributed by atoms with Crippen molar-refractivity contribution in [3.63, 3.8) is 0 Å². The van der Waals surface area contributed by atoms with Crippen LogP contribution in [0.15, 0.2) is 24.3 Å². The molecule has 0 aliphatic carbocycles. The summed E-state index contributed by atoms with van der Waals surface area (Å²) >= 11 is 0. The zero-order chi connectivity index (χ0) is 10.6. The third kappa shape index (κ3) is 2.05. The molecule has 0 spiro atoms. The fourth-order valence-electron chi connectivity index (χ4n) is 1.30. The van der Waals surface area contributed by atoms with Gasteiger partial charge < -0.3 is 9.84 Å². The summed E-state index contributed by atoms with van der Waals surface area (Å²) in [6.07, 6.45) is 0.662. The Bertz CT molecular complexity index is 322. The third-order valence-corrected chi connectivity index (χ3v) is 2.44. The van der Waals surface area contributed by atoms with Gasteiger partial charge in [-0.2, -0.15) is 0 Å². The summed E-state index contributed by atoms with van der Waals surface area (Å²) in [5, 5.41) is 9.30. The van der Waals surface area contributed by atoms with Crippen LogP contribution in [0.2, 0.25) is 0 Å². The topological polar surface area (TPSA) is 46.5 Å². The minimum Gasteiger partial charge on any atom is -0.508 e. The van der Waals surface area contributed by atoms with Gasteiger partial charge in [-0.15, -0.1) is 0 Å². The van der Waals surface area contributed by atoms with Gasteiger partial charge in [-0.1, -0.05) is 19.1 Å². The number of rotatable bonds is 4. The van der Waals surface area contributed by atoms with E-state index in [1.165, 1.54) is 0 Å². The van der Waals surface area contributed by atoms with E-state index in [9.17, 15) is 9.90 Å². The molecule has 3 nitrogen and oxygen atoms in total. The van der Waals surface area contributed by atoms with Crippen LogP contribution in [0.1, 0.15) is 25.8 Å². The highest BCUT2D eigenvalue weighted by molar-refractivity contribution is 5.41.